The van der Waals surface area contributed by atoms with Crippen LogP contribution in [0, 0.1) is 23.1 Å². The number of halogens is 3. The van der Waals surface area contributed by atoms with Crippen molar-refractivity contribution in [3.63, 3.8) is 0 Å². The Bertz CT molecular complexity index is 460. The van der Waals surface area contributed by atoms with Gasteiger partial charge >= 0.3 is 0 Å². The molecule has 1 aromatic carbocycles. The van der Waals surface area contributed by atoms with Crippen LogP contribution in [0.15, 0.2) is 18.2 Å². The standard InChI is InChI=1S/C15H17Cl2F/c16-9-15(7-10-1-2-12(15)5-10)8-11-6-13(18)3-4-14(11)17/h3-4,6,10,12H,1-2,5,7-9H2. The Labute approximate surface area is 117 Å². The van der Waals surface area contributed by atoms with Crippen LogP contribution in [0.5, 0.6) is 0 Å². The van der Waals surface area contributed by atoms with E-state index in [1.165, 1.54) is 31.7 Å². The van der Waals surface area contributed by atoms with Gasteiger partial charge in [0.25, 0.3) is 0 Å². The van der Waals surface area contributed by atoms with Crippen LogP contribution in [0.2, 0.25) is 5.02 Å². The third-order valence-electron chi connectivity index (χ3n) is 4.92. The summed E-state index contributed by atoms with van der Waals surface area (Å²) in [4.78, 5) is 0. The average molecular weight is 287 g/mol. The molecule has 0 nitrogen and oxygen atoms in total. The van der Waals surface area contributed by atoms with Gasteiger partial charge in [-0.15, -0.1) is 11.6 Å². The lowest BCUT2D eigenvalue weighted by atomic mass is 9.71. The summed E-state index contributed by atoms with van der Waals surface area (Å²) in [6.07, 6.45) is 5.95. The third kappa shape index (κ3) is 2.06. The molecule has 18 heavy (non-hydrogen) atoms. The van der Waals surface area contributed by atoms with Gasteiger partial charge in [-0.25, -0.2) is 4.39 Å². The molecule has 3 heteroatoms. The van der Waals surface area contributed by atoms with Gasteiger partial charge in [0, 0.05) is 10.9 Å². The highest BCUT2D eigenvalue weighted by atomic mass is 35.5. The van der Waals surface area contributed by atoms with Crippen LogP contribution >= 0.6 is 23.2 Å². The molecule has 98 valence electrons. The predicted molar refractivity (Wildman–Crippen MR) is 73.7 cm³/mol. The van der Waals surface area contributed by atoms with Crippen molar-refractivity contribution in [2.24, 2.45) is 17.3 Å². The molecule has 2 bridgehead atoms. The van der Waals surface area contributed by atoms with E-state index in [4.69, 9.17) is 23.2 Å². The molecule has 0 radical (unpaired) electrons. The van der Waals surface area contributed by atoms with E-state index in [1.807, 2.05) is 0 Å². The van der Waals surface area contributed by atoms with Crippen molar-refractivity contribution in [1.82, 2.24) is 0 Å². The zero-order valence-electron chi connectivity index (χ0n) is 10.3. The normalized spacial score (nSPS) is 34.2. The summed E-state index contributed by atoms with van der Waals surface area (Å²) in [6, 6.07) is 4.64. The Morgan fingerprint density at radius 2 is 2.17 bits per heavy atom. The Morgan fingerprint density at radius 3 is 2.78 bits per heavy atom. The van der Waals surface area contributed by atoms with Crippen molar-refractivity contribution >= 4 is 23.2 Å². The SMILES string of the molecule is Fc1ccc(Cl)c(CC2(CCl)CC3CCC2C3)c1. The fourth-order valence-corrected chi connectivity index (χ4v) is 4.65. The number of rotatable bonds is 3. The topological polar surface area (TPSA) is 0 Å². The summed E-state index contributed by atoms with van der Waals surface area (Å²) in [6.45, 7) is 0. The van der Waals surface area contributed by atoms with E-state index in [9.17, 15) is 4.39 Å². The average Bonchev–Trinajstić information content (AvgIpc) is 2.94. The quantitative estimate of drug-likeness (QED) is 0.681. The van der Waals surface area contributed by atoms with Crippen LogP contribution in [0.1, 0.15) is 31.2 Å². The van der Waals surface area contributed by atoms with Crippen molar-refractivity contribution in [3.05, 3.63) is 34.6 Å². The Kier molecular flexibility index (Phi) is 3.32. The van der Waals surface area contributed by atoms with Crippen LogP contribution in [-0.4, -0.2) is 5.88 Å². The molecule has 3 rings (SSSR count). The summed E-state index contributed by atoms with van der Waals surface area (Å²) in [5, 5.41) is 0.670. The number of alkyl halides is 1. The lowest BCUT2D eigenvalue weighted by molar-refractivity contribution is 0.193. The summed E-state index contributed by atoms with van der Waals surface area (Å²) >= 11 is 12.4. The van der Waals surface area contributed by atoms with Crippen LogP contribution in [0.3, 0.4) is 0 Å². The highest BCUT2D eigenvalue weighted by molar-refractivity contribution is 6.31. The van der Waals surface area contributed by atoms with Gasteiger partial charge in [0.1, 0.15) is 5.82 Å². The van der Waals surface area contributed by atoms with Gasteiger partial charge in [-0.2, -0.15) is 0 Å². The van der Waals surface area contributed by atoms with E-state index in [1.54, 1.807) is 12.1 Å². The maximum absolute atomic E-state index is 13.3. The zero-order valence-corrected chi connectivity index (χ0v) is 11.8. The maximum Gasteiger partial charge on any atom is 0.123 e. The monoisotopic (exact) mass is 286 g/mol. The van der Waals surface area contributed by atoms with Crippen molar-refractivity contribution in [2.45, 2.75) is 32.1 Å². The van der Waals surface area contributed by atoms with E-state index >= 15 is 0 Å². The lowest BCUT2D eigenvalue weighted by Crippen LogP contribution is -2.32. The Hall–Kier alpha value is -0.270. The van der Waals surface area contributed by atoms with Gasteiger partial charge in [-0.1, -0.05) is 18.0 Å². The largest absolute Gasteiger partial charge is 0.207 e. The van der Waals surface area contributed by atoms with Crippen LogP contribution in [0.4, 0.5) is 4.39 Å². The molecule has 2 aliphatic carbocycles. The zero-order chi connectivity index (χ0) is 12.8. The van der Waals surface area contributed by atoms with Crippen molar-refractivity contribution in [3.8, 4) is 0 Å². The summed E-state index contributed by atoms with van der Waals surface area (Å²) in [7, 11) is 0. The van der Waals surface area contributed by atoms with Crippen molar-refractivity contribution in [2.75, 3.05) is 5.88 Å². The van der Waals surface area contributed by atoms with Crippen LogP contribution < -0.4 is 0 Å². The van der Waals surface area contributed by atoms with Crippen molar-refractivity contribution in [1.29, 1.82) is 0 Å². The molecular formula is C15H17Cl2F. The second-order valence-electron chi connectivity index (χ2n) is 5.99. The van der Waals surface area contributed by atoms with E-state index in [0.717, 1.165) is 17.9 Å². The molecule has 2 saturated carbocycles. The first-order valence-electron chi connectivity index (χ1n) is 6.63. The number of fused-ring (bicyclic) bond motifs is 2. The van der Waals surface area contributed by atoms with Crippen LogP contribution in [-0.2, 0) is 6.42 Å². The number of benzene rings is 1. The number of hydrogen-bond acceptors (Lipinski definition) is 0. The lowest BCUT2D eigenvalue weighted by Gasteiger charge is -2.36. The van der Waals surface area contributed by atoms with Gasteiger partial charge in [0.15, 0.2) is 0 Å². The van der Waals surface area contributed by atoms with Gasteiger partial charge < -0.3 is 0 Å². The molecule has 0 heterocycles. The summed E-state index contributed by atoms with van der Waals surface area (Å²) < 4.78 is 13.3. The minimum Gasteiger partial charge on any atom is -0.207 e. The summed E-state index contributed by atoms with van der Waals surface area (Å²) in [5.41, 5.74) is 1.08. The van der Waals surface area contributed by atoms with Crippen molar-refractivity contribution < 1.29 is 4.39 Å². The molecular weight excluding hydrogens is 270 g/mol. The minimum absolute atomic E-state index is 0.155. The highest BCUT2D eigenvalue weighted by Gasteiger charge is 2.50. The molecule has 3 atom stereocenters. The molecule has 0 aliphatic heterocycles. The maximum atomic E-state index is 13.3. The molecule has 3 unspecified atom stereocenters. The van der Waals surface area contributed by atoms with Gasteiger partial charge in [0.2, 0.25) is 0 Å². The van der Waals surface area contributed by atoms with Crippen LogP contribution in [0.25, 0.3) is 0 Å². The van der Waals surface area contributed by atoms with E-state index in [0.29, 0.717) is 16.8 Å². The highest BCUT2D eigenvalue weighted by Crippen LogP contribution is 2.58. The molecule has 1 aromatic rings. The first kappa shape index (κ1) is 12.7. The first-order chi connectivity index (χ1) is 8.63. The van der Waals surface area contributed by atoms with Gasteiger partial charge in [-0.05, 0) is 66.7 Å². The second-order valence-corrected chi connectivity index (χ2v) is 6.66. The molecule has 2 aliphatic rings. The molecule has 0 N–H and O–H groups in total. The minimum atomic E-state index is -0.206. The Morgan fingerprint density at radius 1 is 1.33 bits per heavy atom. The molecule has 2 fully saturated rings. The Balaban J connectivity index is 1.88. The first-order valence-corrected chi connectivity index (χ1v) is 7.54. The van der Waals surface area contributed by atoms with E-state index < -0.39 is 0 Å². The summed E-state index contributed by atoms with van der Waals surface area (Å²) in [5.74, 6) is 2.00. The fraction of sp³-hybridized carbons (Fsp3) is 0.600. The molecule has 0 spiro atoms. The van der Waals surface area contributed by atoms with Gasteiger partial charge in [0.05, 0.1) is 0 Å². The van der Waals surface area contributed by atoms with E-state index in [2.05, 4.69) is 0 Å². The molecule has 0 saturated heterocycles. The fourth-order valence-electron chi connectivity index (χ4n) is 4.04. The smallest absolute Gasteiger partial charge is 0.123 e. The third-order valence-corrected chi connectivity index (χ3v) is 5.82. The van der Waals surface area contributed by atoms with E-state index in [-0.39, 0.29) is 11.2 Å². The predicted octanol–water partition coefficient (Wildman–Crippen LogP) is 5.07. The molecule has 0 aromatic heterocycles. The molecule has 0 amide bonds. The second kappa shape index (κ2) is 4.68. The van der Waals surface area contributed by atoms with Gasteiger partial charge in [-0.3, -0.25) is 0 Å². The number of hydrogen-bond donors (Lipinski definition) is 0.